The second kappa shape index (κ2) is 4.09. The number of aromatic nitrogens is 1. The molecular weight excluding hydrogens is 238 g/mol. The van der Waals surface area contributed by atoms with Crippen LogP contribution < -0.4 is 5.43 Å². The third-order valence-electron chi connectivity index (χ3n) is 3.70. The quantitative estimate of drug-likeness (QED) is 0.779. The van der Waals surface area contributed by atoms with Crippen LogP contribution in [0, 0.1) is 6.92 Å². The molecular formula is C15H15N3O. The number of para-hydroxylation sites is 1. The molecule has 0 saturated carbocycles. The van der Waals surface area contributed by atoms with Gasteiger partial charge in [0, 0.05) is 29.2 Å². The van der Waals surface area contributed by atoms with Crippen molar-refractivity contribution in [2.45, 2.75) is 13.8 Å². The van der Waals surface area contributed by atoms with Gasteiger partial charge in [-0.1, -0.05) is 18.2 Å². The zero-order valence-corrected chi connectivity index (χ0v) is 11.2. The van der Waals surface area contributed by atoms with Gasteiger partial charge in [0.25, 0.3) is 5.91 Å². The number of hydrogen-bond donors (Lipinski definition) is 1. The number of nitrogens with zero attached hydrogens (tertiary/aromatic N) is 2. The number of aryl methyl sites for hydroxylation is 1. The van der Waals surface area contributed by atoms with Crippen molar-refractivity contribution in [3.63, 3.8) is 0 Å². The number of fused-ring (bicyclic) bond motifs is 1. The summed E-state index contributed by atoms with van der Waals surface area (Å²) in [7, 11) is 2.04. The smallest absolute Gasteiger partial charge is 0.273 e. The summed E-state index contributed by atoms with van der Waals surface area (Å²) in [5.41, 5.74) is 7.25. The molecule has 19 heavy (non-hydrogen) atoms. The zero-order valence-electron chi connectivity index (χ0n) is 11.2. The molecule has 1 N–H and O–H groups in total. The molecule has 1 aliphatic rings. The lowest BCUT2D eigenvalue weighted by atomic mass is 10.0. The van der Waals surface area contributed by atoms with Gasteiger partial charge >= 0.3 is 0 Å². The minimum atomic E-state index is -0.134. The van der Waals surface area contributed by atoms with Crippen molar-refractivity contribution in [2.75, 3.05) is 0 Å². The van der Waals surface area contributed by atoms with Crippen molar-refractivity contribution >= 4 is 28.6 Å². The minimum absolute atomic E-state index is 0.134. The van der Waals surface area contributed by atoms with Crippen LogP contribution in [0.15, 0.2) is 34.9 Å². The van der Waals surface area contributed by atoms with Gasteiger partial charge in [-0.15, -0.1) is 0 Å². The molecule has 3 rings (SSSR count). The molecule has 0 unspecified atom stereocenters. The van der Waals surface area contributed by atoms with E-state index in [0.717, 1.165) is 22.4 Å². The van der Waals surface area contributed by atoms with E-state index in [0.29, 0.717) is 5.57 Å². The Bertz CT molecular complexity index is 750. The lowest BCUT2D eigenvalue weighted by Crippen LogP contribution is -2.12. The maximum Gasteiger partial charge on any atom is 0.273 e. The van der Waals surface area contributed by atoms with Gasteiger partial charge in [0.2, 0.25) is 0 Å². The molecule has 2 heterocycles. The van der Waals surface area contributed by atoms with Crippen LogP contribution in [0.2, 0.25) is 0 Å². The number of carbonyl (C=O) groups excluding carboxylic acids is 1. The molecule has 0 aliphatic carbocycles. The van der Waals surface area contributed by atoms with Gasteiger partial charge in [0.15, 0.2) is 0 Å². The molecule has 96 valence electrons. The van der Waals surface area contributed by atoms with E-state index < -0.39 is 0 Å². The van der Waals surface area contributed by atoms with Crippen LogP contribution in [0.3, 0.4) is 0 Å². The van der Waals surface area contributed by atoms with Gasteiger partial charge in [0.1, 0.15) is 0 Å². The fourth-order valence-corrected chi connectivity index (χ4v) is 2.47. The molecule has 1 aliphatic heterocycles. The van der Waals surface area contributed by atoms with Crippen LogP contribution in [-0.2, 0) is 11.8 Å². The van der Waals surface area contributed by atoms with E-state index in [1.165, 1.54) is 5.52 Å². The van der Waals surface area contributed by atoms with Gasteiger partial charge in [-0.2, -0.15) is 5.10 Å². The summed E-state index contributed by atoms with van der Waals surface area (Å²) in [4.78, 5) is 11.7. The van der Waals surface area contributed by atoms with E-state index in [2.05, 4.69) is 34.2 Å². The summed E-state index contributed by atoms with van der Waals surface area (Å²) >= 11 is 0. The number of amides is 1. The zero-order chi connectivity index (χ0) is 13.6. The van der Waals surface area contributed by atoms with Gasteiger partial charge < -0.3 is 4.57 Å². The third kappa shape index (κ3) is 1.68. The molecule has 1 aromatic heterocycles. The largest absolute Gasteiger partial charge is 0.347 e. The van der Waals surface area contributed by atoms with Crippen LogP contribution >= 0.6 is 0 Å². The first-order valence-corrected chi connectivity index (χ1v) is 6.20. The molecule has 0 radical (unpaired) electrons. The van der Waals surface area contributed by atoms with Crippen LogP contribution in [0.1, 0.15) is 18.2 Å². The highest BCUT2D eigenvalue weighted by molar-refractivity contribution is 6.27. The summed E-state index contributed by atoms with van der Waals surface area (Å²) in [5.74, 6) is -0.134. The van der Waals surface area contributed by atoms with E-state index in [1.807, 2.05) is 32.2 Å². The van der Waals surface area contributed by atoms with Crippen LogP contribution in [0.25, 0.3) is 17.0 Å². The fourth-order valence-electron chi connectivity index (χ4n) is 2.47. The molecule has 1 amide bonds. The molecule has 0 saturated heterocycles. The van der Waals surface area contributed by atoms with Gasteiger partial charge in [-0.3, -0.25) is 4.79 Å². The first-order valence-electron chi connectivity index (χ1n) is 6.20. The average molecular weight is 253 g/mol. The highest BCUT2D eigenvalue weighted by Gasteiger charge is 2.20. The second-order valence-corrected chi connectivity index (χ2v) is 4.77. The van der Waals surface area contributed by atoms with Crippen LogP contribution in [0.5, 0.6) is 0 Å². The lowest BCUT2D eigenvalue weighted by Gasteiger charge is -1.99. The Balaban J connectivity index is 2.27. The van der Waals surface area contributed by atoms with E-state index >= 15 is 0 Å². The SMILES string of the molecule is CC1=NNC(=O)/C1=C/c1c(C)n(C)c2ccccc12. The summed E-state index contributed by atoms with van der Waals surface area (Å²) in [5, 5.41) is 5.11. The van der Waals surface area contributed by atoms with Crippen LogP contribution in [0.4, 0.5) is 0 Å². The molecule has 0 bridgehead atoms. The van der Waals surface area contributed by atoms with Gasteiger partial charge in [-0.25, -0.2) is 5.43 Å². The Morgan fingerprint density at radius 3 is 2.68 bits per heavy atom. The Morgan fingerprint density at radius 2 is 2.00 bits per heavy atom. The molecule has 4 heteroatoms. The Labute approximate surface area is 111 Å². The predicted molar refractivity (Wildman–Crippen MR) is 76.9 cm³/mol. The van der Waals surface area contributed by atoms with Gasteiger partial charge in [-0.05, 0) is 26.0 Å². The predicted octanol–water partition coefficient (Wildman–Crippen LogP) is 2.38. The van der Waals surface area contributed by atoms with Crippen molar-refractivity contribution in [1.82, 2.24) is 9.99 Å². The Morgan fingerprint density at radius 1 is 1.26 bits per heavy atom. The minimum Gasteiger partial charge on any atom is -0.347 e. The number of carbonyl (C=O) groups is 1. The average Bonchev–Trinajstić information content (AvgIpc) is 2.85. The Kier molecular flexibility index (Phi) is 2.52. The molecule has 4 nitrogen and oxygen atoms in total. The van der Waals surface area contributed by atoms with Crippen molar-refractivity contribution in [2.24, 2.45) is 12.1 Å². The maximum atomic E-state index is 11.7. The third-order valence-corrected chi connectivity index (χ3v) is 3.70. The standard InChI is InChI=1S/C15H15N3O/c1-9-12(15(19)17-16-9)8-13-10(2)18(3)14-7-5-4-6-11(13)14/h4-8H,1-3H3,(H,17,19)/b12-8+. The number of nitrogens with one attached hydrogen (secondary N) is 1. The number of hydrazone groups is 1. The van der Waals surface area contributed by atoms with Crippen molar-refractivity contribution in [3.8, 4) is 0 Å². The second-order valence-electron chi connectivity index (χ2n) is 4.77. The van der Waals surface area contributed by atoms with Crippen molar-refractivity contribution < 1.29 is 4.79 Å². The molecule has 0 atom stereocenters. The summed E-state index contributed by atoms with van der Waals surface area (Å²) in [6.07, 6.45) is 1.93. The molecule has 0 fully saturated rings. The fraction of sp³-hybridized carbons (Fsp3) is 0.200. The highest BCUT2D eigenvalue weighted by Crippen LogP contribution is 2.27. The number of hydrogen-bond acceptors (Lipinski definition) is 2. The summed E-state index contributed by atoms with van der Waals surface area (Å²) in [6, 6.07) is 8.20. The summed E-state index contributed by atoms with van der Waals surface area (Å²) in [6.45, 7) is 3.90. The molecule has 2 aromatic rings. The normalized spacial score (nSPS) is 17.1. The Hall–Kier alpha value is -2.36. The highest BCUT2D eigenvalue weighted by atomic mass is 16.2. The topological polar surface area (TPSA) is 46.4 Å². The van der Waals surface area contributed by atoms with Crippen LogP contribution in [-0.4, -0.2) is 16.2 Å². The first-order chi connectivity index (χ1) is 9.09. The number of benzene rings is 1. The molecule has 1 aromatic carbocycles. The molecule has 0 spiro atoms. The maximum absolute atomic E-state index is 11.7. The first kappa shape index (κ1) is 11.7. The van der Waals surface area contributed by atoms with Gasteiger partial charge in [0.05, 0.1) is 11.3 Å². The van der Waals surface area contributed by atoms with Crippen molar-refractivity contribution in [3.05, 3.63) is 41.1 Å². The van der Waals surface area contributed by atoms with E-state index in [9.17, 15) is 4.79 Å². The van der Waals surface area contributed by atoms with Crippen molar-refractivity contribution in [1.29, 1.82) is 0 Å². The lowest BCUT2D eigenvalue weighted by molar-refractivity contribution is -0.116. The van der Waals surface area contributed by atoms with E-state index in [4.69, 9.17) is 0 Å². The number of rotatable bonds is 1. The van der Waals surface area contributed by atoms with E-state index in [1.54, 1.807) is 0 Å². The van der Waals surface area contributed by atoms with E-state index in [-0.39, 0.29) is 5.91 Å². The monoisotopic (exact) mass is 253 g/mol. The summed E-state index contributed by atoms with van der Waals surface area (Å²) < 4.78 is 2.14.